The molecule has 12 heavy (non-hydrogen) atoms. The summed E-state index contributed by atoms with van der Waals surface area (Å²) in [6.07, 6.45) is 0. The maximum Gasteiger partial charge on any atom is 0.278 e. The van der Waals surface area contributed by atoms with E-state index in [0.717, 1.165) is 4.31 Å². The van der Waals surface area contributed by atoms with Crippen molar-refractivity contribution in [3.05, 3.63) is 0 Å². The van der Waals surface area contributed by atoms with Crippen LogP contribution in [0.2, 0.25) is 0 Å². The molecule has 0 radical (unpaired) electrons. The summed E-state index contributed by atoms with van der Waals surface area (Å²) in [7, 11) is -0.312. The molecule has 0 aliphatic carbocycles. The van der Waals surface area contributed by atoms with Gasteiger partial charge in [-0.15, -0.1) is 0 Å². The molecule has 0 amide bonds. The Morgan fingerprint density at radius 3 is 2.33 bits per heavy atom. The quantitative estimate of drug-likeness (QED) is 0.589. The van der Waals surface area contributed by atoms with Gasteiger partial charge < -0.3 is 5.73 Å². The normalized spacial score (nSPS) is 15.1. The van der Waals surface area contributed by atoms with Crippen molar-refractivity contribution in [3.8, 4) is 0 Å². The van der Waals surface area contributed by atoms with Crippen LogP contribution in [0.15, 0.2) is 0 Å². The first kappa shape index (κ1) is 11.8. The lowest BCUT2D eigenvalue weighted by atomic mass is 10.2. The lowest BCUT2D eigenvalue weighted by molar-refractivity contribution is 0.489. The molecule has 6 heteroatoms. The largest absolute Gasteiger partial charge is 0.330 e. The molecule has 0 heterocycles. The van der Waals surface area contributed by atoms with Gasteiger partial charge in [-0.05, 0) is 12.5 Å². The zero-order valence-electron chi connectivity index (χ0n) is 7.74. The molecule has 0 bridgehead atoms. The summed E-state index contributed by atoms with van der Waals surface area (Å²) in [6.45, 7) is 2.76. The van der Waals surface area contributed by atoms with Gasteiger partial charge in [0.15, 0.2) is 0 Å². The summed E-state index contributed by atoms with van der Waals surface area (Å²) < 4.78 is 25.8. The zero-order valence-corrected chi connectivity index (χ0v) is 8.56. The minimum atomic E-state index is -3.28. The summed E-state index contributed by atoms with van der Waals surface area (Å²) in [5.74, 6) is 0.166. The average Bonchev–Trinajstić information content (AvgIpc) is 2.00. The van der Waals surface area contributed by atoms with Gasteiger partial charge >= 0.3 is 0 Å². The van der Waals surface area contributed by atoms with Crippen LogP contribution < -0.4 is 10.5 Å². The fraction of sp³-hybridized carbons (Fsp3) is 1.00. The third-order valence-electron chi connectivity index (χ3n) is 1.50. The van der Waals surface area contributed by atoms with Crippen molar-refractivity contribution in [3.63, 3.8) is 0 Å². The Kier molecular flexibility index (Phi) is 4.69. The highest BCUT2D eigenvalue weighted by Crippen LogP contribution is 1.92. The van der Waals surface area contributed by atoms with Gasteiger partial charge in [0, 0.05) is 20.6 Å². The Hall–Kier alpha value is -0.170. The predicted octanol–water partition coefficient (Wildman–Crippen LogP) is -1.02. The third-order valence-corrected chi connectivity index (χ3v) is 2.99. The van der Waals surface area contributed by atoms with Gasteiger partial charge in [-0.25, -0.2) is 4.72 Å². The molecule has 0 spiro atoms. The van der Waals surface area contributed by atoms with Gasteiger partial charge in [-0.3, -0.25) is 0 Å². The van der Waals surface area contributed by atoms with Crippen molar-refractivity contribution in [2.45, 2.75) is 6.92 Å². The summed E-state index contributed by atoms with van der Waals surface area (Å²) in [6, 6.07) is 0. The minimum Gasteiger partial charge on any atom is -0.330 e. The molecule has 0 aliphatic rings. The lowest BCUT2D eigenvalue weighted by Crippen LogP contribution is -2.39. The highest BCUT2D eigenvalue weighted by Gasteiger charge is 2.12. The summed E-state index contributed by atoms with van der Waals surface area (Å²) in [5.41, 5.74) is 5.33. The Balaban J connectivity index is 3.94. The van der Waals surface area contributed by atoms with Gasteiger partial charge in [0.1, 0.15) is 0 Å². The van der Waals surface area contributed by atoms with Crippen molar-refractivity contribution in [1.29, 1.82) is 0 Å². The molecule has 0 saturated heterocycles. The number of nitrogens with two attached hydrogens (primary N) is 1. The second kappa shape index (κ2) is 4.76. The van der Waals surface area contributed by atoms with E-state index in [-0.39, 0.29) is 5.92 Å². The van der Waals surface area contributed by atoms with E-state index in [9.17, 15) is 8.42 Å². The Morgan fingerprint density at radius 2 is 2.00 bits per heavy atom. The van der Waals surface area contributed by atoms with Crippen LogP contribution in [0.4, 0.5) is 0 Å². The fourth-order valence-corrected chi connectivity index (χ4v) is 1.21. The van der Waals surface area contributed by atoms with Crippen molar-refractivity contribution in [2.75, 3.05) is 27.2 Å². The van der Waals surface area contributed by atoms with Crippen molar-refractivity contribution >= 4 is 10.2 Å². The van der Waals surface area contributed by atoms with Crippen molar-refractivity contribution < 1.29 is 8.42 Å². The molecule has 0 rings (SSSR count). The Bertz CT molecular complexity index is 213. The first-order chi connectivity index (χ1) is 5.40. The van der Waals surface area contributed by atoms with Crippen LogP contribution in [0.25, 0.3) is 0 Å². The smallest absolute Gasteiger partial charge is 0.278 e. The number of hydrogen-bond acceptors (Lipinski definition) is 3. The highest BCUT2D eigenvalue weighted by atomic mass is 32.2. The van der Waals surface area contributed by atoms with Crippen LogP contribution in [0.5, 0.6) is 0 Å². The Labute approximate surface area is 74.1 Å². The van der Waals surface area contributed by atoms with Crippen LogP contribution in [0, 0.1) is 5.92 Å². The zero-order chi connectivity index (χ0) is 9.78. The lowest BCUT2D eigenvalue weighted by Gasteiger charge is -2.14. The van der Waals surface area contributed by atoms with E-state index in [1.165, 1.54) is 14.1 Å². The summed E-state index contributed by atoms with van der Waals surface area (Å²) >= 11 is 0. The molecular weight excluding hydrogens is 178 g/mol. The molecule has 0 fully saturated rings. The highest BCUT2D eigenvalue weighted by molar-refractivity contribution is 7.87. The van der Waals surface area contributed by atoms with Crippen LogP contribution in [0.3, 0.4) is 0 Å². The van der Waals surface area contributed by atoms with Crippen LogP contribution in [-0.2, 0) is 10.2 Å². The van der Waals surface area contributed by atoms with Crippen LogP contribution in [-0.4, -0.2) is 39.9 Å². The van der Waals surface area contributed by atoms with Crippen molar-refractivity contribution in [1.82, 2.24) is 9.03 Å². The summed E-state index contributed by atoms with van der Waals surface area (Å²) in [4.78, 5) is 0. The van der Waals surface area contributed by atoms with Crippen LogP contribution >= 0.6 is 0 Å². The molecule has 0 saturated carbocycles. The SMILES string of the molecule is CC(CN)CNS(=O)(=O)N(C)C. The molecule has 74 valence electrons. The van der Waals surface area contributed by atoms with E-state index < -0.39 is 10.2 Å². The van der Waals surface area contributed by atoms with Gasteiger partial charge in [0.2, 0.25) is 0 Å². The van der Waals surface area contributed by atoms with Gasteiger partial charge in [-0.1, -0.05) is 6.92 Å². The minimum absolute atomic E-state index is 0.166. The molecule has 0 aromatic heterocycles. The molecule has 1 atom stereocenters. The Morgan fingerprint density at radius 1 is 1.50 bits per heavy atom. The molecule has 3 N–H and O–H groups in total. The molecule has 0 aromatic carbocycles. The number of rotatable bonds is 5. The average molecular weight is 195 g/mol. The molecule has 5 nitrogen and oxygen atoms in total. The second-order valence-corrected chi connectivity index (χ2v) is 4.95. The molecule has 0 aromatic rings. The molecule has 1 unspecified atom stereocenters. The van der Waals surface area contributed by atoms with E-state index in [1.807, 2.05) is 6.92 Å². The maximum absolute atomic E-state index is 11.1. The van der Waals surface area contributed by atoms with Crippen molar-refractivity contribution in [2.24, 2.45) is 11.7 Å². The van der Waals surface area contributed by atoms with E-state index in [0.29, 0.717) is 13.1 Å². The molecule has 0 aliphatic heterocycles. The molecular formula is C6H17N3O2S. The fourth-order valence-electron chi connectivity index (χ4n) is 0.460. The standard InChI is InChI=1S/C6H17N3O2S/c1-6(4-7)5-8-12(10,11)9(2)3/h6,8H,4-5,7H2,1-3H3. The first-order valence-electron chi connectivity index (χ1n) is 3.77. The predicted molar refractivity (Wildman–Crippen MR) is 48.8 cm³/mol. The van der Waals surface area contributed by atoms with Crippen LogP contribution in [0.1, 0.15) is 6.92 Å². The third kappa shape index (κ3) is 4.01. The maximum atomic E-state index is 11.1. The van der Waals surface area contributed by atoms with E-state index in [2.05, 4.69) is 4.72 Å². The van der Waals surface area contributed by atoms with Gasteiger partial charge in [-0.2, -0.15) is 12.7 Å². The number of hydrogen-bond donors (Lipinski definition) is 2. The van der Waals surface area contributed by atoms with Gasteiger partial charge in [0.25, 0.3) is 10.2 Å². The first-order valence-corrected chi connectivity index (χ1v) is 5.21. The number of nitrogens with zero attached hydrogens (tertiary/aromatic N) is 1. The van der Waals surface area contributed by atoms with Gasteiger partial charge in [0.05, 0.1) is 0 Å². The van der Waals surface area contributed by atoms with E-state index in [4.69, 9.17) is 5.73 Å². The monoisotopic (exact) mass is 195 g/mol. The topological polar surface area (TPSA) is 75.4 Å². The van der Waals surface area contributed by atoms with E-state index in [1.54, 1.807) is 0 Å². The second-order valence-electron chi connectivity index (χ2n) is 2.98. The van der Waals surface area contributed by atoms with E-state index >= 15 is 0 Å². The number of nitrogens with one attached hydrogen (secondary N) is 1. The summed E-state index contributed by atoms with van der Waals surface area (Å²) in [5, 5.41) is 0.